The van der Waals surface area contributed by atoms with Gasteiger partial charge < -0.3 is 16.2 Å². The summed E-state index contributed by atoms with van der Waals surface area (Å²) in [5, 5.41) is 11.5. The maximum Gasteiger partial charge on any atom is 0.321 e. The molecule has 2 atom stereocenters. The van der Waals surface area contributed by atoms with E-state index in [-0.39, 0.29) is 18.4 Å². The highest BCUT2D eigenvalue weighted by molar-refractivity contribution is 5.84. The fraction of sp³-hybridized carbons (Fsp3) is 0.385. The average molecular weight is 248 g/mol. The number of carbonyl (C=O) groups excluding carboxylic acids is 1. The van der Waals surface area contributed by atoms with Gasteiger partial charge in [-0.1, -0.05) is 24.3 Å². The standard InChI is InChI=1S/C13H16N2O3/c14-10(13(17)18)7-12(16)15-11-6-5-8-3-1-2-4-9(8)11/h1-4,10-11H,5-7,14H2,(H,15,16)(H,17,18)/t10-,11?/m0/s1. The van der Waals surface area contributed by atoms with Crippen LogP contribution in [0.5, 0.6) is 0 Å². The lowest BCUT2D eigenvalue weighted by atomic mass is 10.1. The van der Waals surface area contributed by atoms with Crippen LogP contribution in [0, 0.1) is 0 Å². The molecule has 1 aromatic carbocycles. The molecule has 1 aliphatic rings. The lowest BCUT2D eigenvalue weighted by Gasteiger charge is -2.15. The van der Waals surface area contributed by atoms with Crippen LogP contribution in [0.4, 0.5) is 0 Å². The van der Waals surface area contributed by atoms with Gasteiger partial charge in [0.25, 0.3) is 0 Å². The molecular formula is C13H16N2O3. The minimum absolute atomic E-state index is 0.0188. The summed E-state index contributed by atoms with van der Waals surface area (Å²) in [5.74, 6) is -1.47. The third-order valence-corrected chi connectivity index (χ3v) is 3.19. The summed E-state index contributed by atoms with van der Waals surface area (Å²) in [4.78, 5) is 22.2. The molecule has 0 aliphatic heterocycles. The molecule has 0 saturated carbocycles. The first-order valence-corrected chi connectivity index (χ1v) is 5.93. The van der Waals surface area contributed by atoms with Crippen molar-refractivity contribution in [2.75, 3.05) is 0 Å². The largest absolute Gasteiger partial charge is 0.480 e. The molecule has 1 aliphatic carbocycles. The number of amides is 1. The number of hydrogen-bond donors (Lipinski definition) is 3. The van der Waals surface area contributed by atoms with Crippen molar-refractivity contribution < 1.29 is 14.7 Å². The molecule has 1 amide bonds. The van der Waals surface area contributed by atoms with Crippen LogP contribution in [-0.2, 0) is 16.0 Å². The first-order chi connectivity index (χ1) is 8.58. The highest BCUT2D eigenvalue weighted by Gasteiger charge is 2.24. The Labute approximate surface area is 105 Å². The zero-order valence-electron chi connectivity index (χ0n) is 9.93. The summed E-state index contributed by atoms with van der Waals surface area (Å²) >= 11 is 0. The third kappa shape index (κ3) is 2.68. The molecule has 2 rings (SSSR count). The lowest BCUT2D eigenvalue weighted by Crippen LogP contribution is -2.37. The lowest BCUT2D eigenvalue weighted by molar-refractivity contribution is -0.140. The van der Waals surface area contributed by atoms with Gasteiger partial charge in [-0.25, -0.2) is 0 Å². The van der Waals surface area contributed by atoms with E-state index in [1.54, 1.807) is 0 Å². The van der Waals surface area contributed by atoms with Gasteiger partial charge in [0, 0.05) is 0 Å². The molecule has 0 spiro atoms. The van der Waals surface area contributed by atoms with Gasteiger partial charge in [-0.05, 0) is 24.0 Å². The fourth-order valence-corrected chi connectivity index (χ4v) is 2.25. The van der Waals surface area contributed by atoms with E-state index < -0.39 is 12.0 Å². The number of nitrogens with one attached hydrogen (secondary N) is 1. The van der Waals surface area contributed by atoms with Crippen LogP contribution in [0.2, 0.25) is 0 Å². The van der Waals surface area contributed by atoms with E-state index in [1.165, 1.54) is 5.56 Å². The Kier molecular flexibility index (Phi) is 3.62. The van der Waals surface area contributed by atoms with Gasteiger partial charge in [0.05, 0.1) is 12.5 Å². The van der Waals surface area contributed by atoms with Crippen LogP contribution in [-0.4, -0.2) is 23.0 Å². The second kappa shape index (κ2) is 5.18. The quantitative estimate of drug-likeness (QED) is 0.727. The van der Waals surface area contributed by atoms with Gasteiger partial charge in [0.1, 0.15) is 6.04 Å². The van der Waals surface area contributed by atoms with E-state index in [9.17, 15) is 9.59 Å². The molecular weight excluding hydrogens is 232 g/mol. The molecule has 0 radical (unpaired) electrons. The number of rotatable bonds is 4. The average Bonchev–Trinajstić information content (AvgIpc) is 2.72. The summed E-state index contributed by atoms with van der Waals surface area (Å²) in [5.41, 5.74) is 7.69. The summed E-state index contributed by atoms with van der Waals surface area (Å²) in [6, 6.07) is 6.79. The summed E-state index contributed by atoms with van der Waals surface area (Å²) in [6.45, 7) is 0. The molecule has 1 aromatic rings. The zero-order valence-corrected chi connectivity index (χ0v) is 9.93. The van der Waals surface area contributed by atoms with E-state index in [0.29, 0.717) is 0 Å². The van der Waals surface area contributed by atoms with Crippen LogP contribution in [0.3, 0.4) is 0 Å². The normalized spacial score (nSPS) is 19.1. The molecule has 0 aromatic heterocycles. The Bertz CT molecular complexity index is 473. The van der Waals surface area contributed by atoms with Gasteiger partial charge in [-0.3, -0.25) is 9.59 Å². The SMILES string of the molecule is N[C@@H](CC(=O)NC1CCc2ccccc21)C(=O)O. The zero-order chi connectivity index (χ0) is 13.1. The molecule has 0 bridgehead atoms. The van der Waals surface area contributed by atoms with Crippen molar-refractivity contribution in [3.8, 4) is 0 Å². The van der Waals surface area contributed by atoms with E-state index >= 15 is 0 Å². The Morgan fingerprint density at radius 1 is 1.44 bits per heavy atom. The number of hydrogen-bond acceptors (Lipinski definition) is 3. The summed E-state index contributed by atoms with van der Waals surface area (Å²) < 4.78 is 0. The Hall–Kier alpha value is -1.88. The molecule has 5 nitrogen and oxygen atoms in total. The number of carboxylic acid groups (broad SMARTS) is 1. The molecule has 0 fully saturated rings. The van der Waals surface area contributed by atoms with Gasteiger partial charge in [-0.2, -0.15) is 0 Å². The van der Waals surface area contributed by atoms with Crippen LogP contribution in [0.15, 0.2) is 24.3 Å². The van der Waals surface area contributed by atoms with Crippen molar-refractivity contribution in [3.63, 3.8) is 0 Å². The van der Waals surface area contributed by atoms with Crippen molar-refractivity contribution >= 4 is 11.9 Å². The number of nitrogens with two attached hydrogens (primary N) is 1. The van der Waals surface area contributed by atoms with Crippen LogP contribution in [0.1, 0.15) is 30.0 Å². The van der Waals surface area contributed by atoms with Crippen LogP contribution >= 0.6 is 0 Å². The third-order valence-electron chi connectivity index (χ3n) is 3.19. The smallest absolute Gasteiger partial charge is 0.321 e. The molecule has 0 heterocycles. The van der Waals surface area contributed by atoms with Crippen molar-refractivity contribution in [3.05, 3.63) is 35.4 Å². The second-order valence-electron chi connectivity index (χ2n) is 4.51. The van der Waals surface area contributed by atoms with E-state index in [0.717, 1.165) is 18.4 Å². The first kappa shape index (κ1) is 12.6. The number of carboxylic acids is 1. The number of benzene rings is 1. The van der Waals surface area contributed by atoms with Crippen molar-refractivity contribution in [1.82, 2.24) is 5.32 Å². The maximum absolute atomic E-state index is 11.7. The monoisotopic (exact) mass is 248 g/mol. The highest BCUT2D eigenvalue weighted by Crippen LogP contribution is 2.30. The predicted molar refractivity (Wildman–Crippen MR) is 65.9 cm³/mol. The summed E-state index contributed by atoms with van der Waals surface area (Å²) in [6.07, 6.45) is 1.60. The van der Waals surface area contributed by atoms with Crippen LogP contribution in [0.25, 0.3) is 0 Å². The first-order valence-electron chi connectivity index (χ1n) is 5.93. The fourth-order valence-electron chi connectivity index (χ4n) is 2.25. The minimum Gasteiger partial charge on any atom is -0.480 e. The number of carbonyl (C=O) groups is 2. The highest BCUT2D eigenvalue weighted by atomic mass is 16.4. The van der Waals surface area contributed by atoms with Gasteiger partial charge >= 0.3 is 5.97 Å². The molecule has 5 heteroatoms. The molecule has 4 N–H and O–H groups in total. The Balaban J connectivity index is 1.96. The van der Waals surface area contributed by atoms with Gasteiger partial charge in [0.15, 0.2) is 0 Å². The Morgan fingerprint density at radius 2 is 2.17 bits per heavy atom. The van der Waals surface area contributed by atoms with Crippen molar-refractivity contribution in [1.29, 1.82) is 0 Å². The Morgan fingerprint density at radius 3 is 2.89 bits per heavy atom. The van der Waals surface area contributed by atoms with E-state index in [2.05, 4.69) is 5.32 Å². The molecule has 96 valence electrons. The number of fused-ring (bicyclic) bond motifs is 1. The second-order valence-corrected chi connectivity index (χ2v) is 4.51. The number of aryl methyl sites for hydroxylation is 1. The van der Waals surface area contributed by atoms with E-state index in [4.69, 9.17) is 10.8 Å². The van der Waals surface area contributed by atoms with Crippen molar-refractivity contribution in [2.24, 2.45) is 5.73 Å². The number of aliphatic carboxylic acids is 1. The minimum atomic E-state index is -1.16. The van der Waals surface area contributed by atoms with E-state index in [1.807, 2.05) is 24.3 Å². The topological polar surface area (TPSA) is 92.4 Å². The predicted octanol–water partition coefficient (Wildman–Crippen LogP) is 0.592. The summed E-state index contributed by atoms with van der Waals surface area (Å²) in [7, 11) is 0. The molecule has 1 unspecified atom stereocenters. The van der Waals surface area contributed by atoms with Crippen molar-refractivity contribution in [2.45, 2.75) is 31.3 Å². The maximum atomic E-state index is 11.7. The molecule has 18 heavy (non-hydrogen) atoms. The van der Waals surface area contributed by atoms with Gasteiger partial charge in [0.2, 0.25) is 5.91 Å². The molecule has 0 saturated heterocycles. The van der Waals surface area contributed by atoms with Crippen LogP contribution < -0.4 is 11.1 Å². The van der Waals surface area contributed by atoms with Gasteiger partial charge in [-0.15, -0.1) is 0 Å².